The van der Waals surface area contributed by atoms with Gasteiger partial charge in [0.15, 0.2) is 11.5 Å². The molecular weight excluding hydrogens is 356 g/mol. The standard InChI is InChI=1S/C17H16N4O4S/c1-2-23-14-8-11(9-19-21-17-20-15(18)10-26-17)5-6-12(14)25-16(22)13-4-3-7-24-13/h3-10H,2,18H2,1H3,(H,20,21). The molecule has 0 unspecified atom stereocenters. The highest BCUT2D eigenvalue weighted by atomic mass is 32.1. The maximum Gasteiger partial charge on any atom is 0.379 e. The van der Waals surface area contributed by atoms with Gasteiger partial charge in [-0.3, -0.25) is 5.43 Å². The molecule has 0 aliphatic heterocycles. The highest BCUT2D eigenvalue weighted by Gasteiger charge is 2.15. The number of carbonyl (C=O) groups excluding carboxylic acids is 1. The van der Waals surface area contributed by atoms with Crippen molar-refractivity contribution in [3.8, 4) is 11.5 Å². The summed E-state index contributed by atoms with van der Waals surface area (Å²) in [6, 6.07) is 8.24. The summed E-state index contributed by atoms with van der Waals surface area (Å²) in [6.07, 6.45) is 3.00. The summed E-state index contributed by atoms with van der Waals surface area (Å²) in [7, 11) is 0. The lowest BCUT2D eigenvalue weighted by atomic mass is 10.2. The van der Waals surface area contributed by atoms with E-state index in [4.69, 9.17) is 19.6 Å². The van der Waals surface area contributed by atoms with E-state index in [1.54, 1.807) is 35.9 Å². The van der Waals surface area contributed by atoms with Gasteiger partial charge in [-0.25, -0.2) is 9.78 Å². The van der Waals surface area contributed by atoms with Crippen molar-refractivity contribution in [2.24, 2.45) is 5.10 Å². The number of esters is 1. The topological polar surface area (TPSA) is 112 Å². The number of carbonyl (C=O) groups is 1. The highest BCUT2D eigenvalue weighted by Crippen LogP contribution is 2.29. The van der Waals surface area contributed by atoms with E-state index in [2.05, 4.69) is 15.5 Å². The van der Waals surface area contributed by atoms with Gasteiger partial charge in [0, 0.05) is 5.38 Å². The Balaban J connectivity index is 1.72. The summed E-state index contributed by atoms with van der Waals surface area (Å²) in [6.45, 7) is 2.26. The first-order valence-electron chi connectivity index (χ1n) is 7.68. The fourth-order valence-electron chi connectivity index (χ4n) is 2.00. The van der Waals surface area contributed by atoms with Crippen molar-refractivity contribution < 1.29 is 18.7 Å². The molecule has 0 aliphatic rings. The SMILES string of the molecule is CCOc1cc(C=NNc2nc(N)cs2)ccc1OC(=O)c1ccco1. The van der Waals surface area contributed by atoms with Gasteiger partial charge in [0.2, 0.25) is 10.9 Å². The molecule has 1 aromatic carbocycles. The van der Waals surface area contributed by atoms with E-state index >= 15 is 0 Å². The summed E-state index contributed by atoms with van der Waals surface area (Å²) in [5.41, 5.74) is 9.09. The van der Waals surface area contributed by atoms with Crippen molar-refractivity contribution >= 4 is 34.5 Å². The number of anilines is 2. The van der Waals surface area contributed by atoms with Crippen LogP contribution in [0, 0.1) is 0 Å². The molecule has 3 rings (SSSR count). The van der Waals surface area contributed by atoms with E-state index in [0.29, 0.717) is 29.1 Å². The van der Waals surface area contributed by atoms with Gasteiger partial charge in [0.1, 0.15) is 5.82 Å². The van der Waals surface area contributed by atoms with Gasteiger partial charge in [-0.2, -0.15) is 5.10 Å². The zero-order valence-corrected chi connectivity index (χ0v) is 14.7. The molecule has 3 N–H and O–H groups in total. The lowest BCUT2D eigenvalue weighted by Crippen LogP contribution is -2.09. The van der Waals surface area contributed by atoms with E-state index in [0.717, 1.165) is 5.56 Å². The molecule has 8 nitrogen and oxygen atoms in total. The number of furan rings is 1. The van der Waals surface area contributed by atoms with E-state index in [9.17, 15) is 4.79 Å². The number of nitrogen functional groups attached to an aromatic ring is 1. The van der Waals surface area contributed by atoms with Crippen LogP contribution in [0.4, 0.5) is 10.9 Å². The Morgan fingerprint density at radius 2 is 2.31 bits per heavy atom. The fourth-order valence-corrected chi connectivity index (χ4v) is 2.55. The molecule has 0 amide bonds. The van der Waals surface area contributed by atoms with E-state index in [-0.39, 0.29) is 5.76 Å². The molecular formula is C17H16N4O4S. The minimum atomic E-state index is -0.597. The van der Waals surface area contributed by atoms with Crippen LogP contribution in [0.1, 0.15) is 23.0 Å². The summed E-state index contributed by atoms with van der Waals surface area (Å²) in [5, 5.41) is 6.40. The summed E-state index contributed by atoms with van der Waals surface area (Å²) in [4.78, 5) is 16.1. The number of aromatic nitrogens is 1. The maximum absolute atomic E-state index is 12.0. The molecule has 26 heavy (non-hydrogen) atoms. The number of rotatable bonds is 7. The van der Waals surface area contributed by atoms with Gasteiger partial charge in [-0.1, -0.05) is 0 Å². The van der Waals surface area contributed by atoms with Gasteiger partial charge in [0.25, 0.3) is 0 Å². The smallest absolute Gasteiger partial charge is 0.379 e. The number of hydrazone groups is 1. The van der Waals surface area contributed by atoms with Crippen LogP contribution in [-0.4, -0.2) is 23.8 Å². The van der Waals surface area contributed by atoms with Crippen LogP contribution in [-0.2, 0) is 0 Å². The third kappa shape index (κ3) is 4.39. The number of nitrogens with zero attached hydrogens (tertiary/aromatic N) is 2. The number of nitrogens with two attached hydrogens (primary N) is 1. The number of ether oxygens (including phenoxy) is 2. The van der Waals surface area contributed by atoms with Crippen molar-refractivity contribution in [1.82, 2.24) is 4.98 Å². The molecule has 0 saturated heterocycles. The fraction of sp³-hybridized carbons (Fsp3) is 0.118. The molecule has 0 radical (unpaired) electrons. The third-order valence-electron chi connectivity index (χ3n) is 3.09. The molecule has 9 heteroatoms. The number of thiazole rings is 1. The van der Waals surface area contributed by atoms with Crippen molar-refractivity contribution in [2.45, 2.75) is 6.92 Å². The predicted molar refractivity (Wildman–Crippen MR) is 99.0 cm³/mol. The average Bonchev–Trinajstić information content (AvgIpc) is 3.29. The van der Waals surface area contributed by atoms with E-state index in [1.165, 1.54) is 23.7 Å². The number of nitrogens with one attached hydrogen (secondary N) is 1. The van der Waals surface area contributed by atoms with Crippen LogP contribution in [0.2, 0.25) is 0 Å². The van der Waals surface area contributed by atoms with Crippen molar-refractivity contribution in [1.29, 1.82) is 0 Å². The zero-order valence-electron chi connectivity index (χ0n) is 13.8. The lowest BCUT2D eigenvalue weighted by molar-refractivity contribution is 0.0695. The Labute approximate surface area is 153 Å². The Bertz CT molecular complexity index is 905. The molecule has 2 aromatic heterocycles. The Hall–Kier alpha value is -3.33. The maximum atomic E-state index is 12.0. The van der Waals surface area contributed by atoms with Gasteiger partial charge in [-0.15, -0.1) is 11.3 Å². The predicted octanol–water partition coefficient (Wildman–Crippen LogP) is 3.38. The van der Waals surface area contributed by atoms with Crippen molar-refractivity contribution in [3.05, 3.63) is 53.3 Å². The second kappa shape index (κ2) is 8.17. The summed E-state index contributed by atoms with van der Waals surface area (Å²) >= 11 is 1.35. The summed E-state index contributed by atoms with van der Waals surface area (Å²) < 4.78 is 15.9. The molecule has 2 heterocycles. The minimum absolute atomic E-state index is 0.116. The first-order valence-corrected chi connectivity index (χ1v) is 8.56. The summed E-state index contributed by atoms with van der Waals surface area (Å²) in [5.74, 6) is 0.681. The van der Waals surface area contributed by atoms with Crippen molar-refractivity contribution in [3.63, 3.8) is 0 Å². The van der Waals surface area contributed by atoms with Crippen LogP contribution in [0.3, 0.4) is 0 Å². The molecule has 134 valence electrons. The van der Waals surface area contributed by atoms with Crippen LogP contribution < -0.4 is 20.6 Å². The Morgan fingerprint density at radius 1 is 1.42 bits per heavy atom. The lowest BCUT2D eigenvalue weighted by Gasteiger charge is -2.10. The normalized spacial score (nSPS) is 10.8. The molecule has 0 fully saturated rings. The van der Waals surface area contributed by atoms with Gasteiger partial charge in [-0.05, 0) is 42.8 Å². The molecule has 3 aromatic rings. The molecule has 0 atom stereocenters. The Morgan fingerprint density at radius 3 is 3.00 bits per heavy atom. The first kappa shape index (κ1) is 17.5. The third-order valence-corrected chi connectivity index (χ3v) is 3.85. The van der Waals surface area contributed by atoms with Crippen LogP contribution in [0.5, 0.6) is 11.5 Å². The first-order chi connectivity index (χ1) is 12.7. The largest absolute Gasteiger partial charge is 0.490 e. The second-order valence-electron chi connectivity index (χ2n) is 4.95. The monoisotopic (exact) mass is 372 g/mol. The van der Waals surface area contributed by atoms with Crippen molar-refractivity contribution in [2.75, 3.05) is 17.8 Å². The number of benzene rings is 1. The zero-order chi connectivity index (χ0) is 18.4. The quantitative estimate of drug-likeness (QED) is 0.283. The van der Waals surface area contributed by atoms with Gasteiger partial charge in [0.05, 0.1) is 19.1 Å². The van der Waals surface area contributed by atoms with Gasteiger partial charge >= 0.3 is 5.97 Å². The van der Waals surface area contributed by atoms with Crippen LogP contribution in [0.25, 0.3) is 0 Å². The molecule has 0 saturated carbocycles. The van der Waals surface area contributed by atoms with E-state index < -0.39 is 5.97 Å². The van der Waals surface area contributed by atoms with E-state index in [1.807, 2.05) is 6.92 Å². The number of hydrogen-bond acceptors (Lipinski definition) is 9. The van der Waals surface area contributed by atoms with Crippen LogP contribution >= 0.6 is 11.3 Å². The Kier molecular flexibility index (Phi) is 5.49. The molecule has 0 spiro atoms. The highest BCUT2D eigenvalue weighted by molar-refractivity contribution is 7.14. The van der Waals surface area contributed by atoms with Gasteiger partial charge < -0.3 is 19.6 Å². The average molecular weight is 372 g/mol. The molecule has 0 bridgehead atoms. The number of hydrogen-bond donors (Lipinski definition) is 2. The van der Waals surface area contributed by atoms with Crippen LogP contribution in [0.15, 0.2) is 51.5 Å². The molecule has 0 aliphatic carbocycles. The minimum Gasteiger partial charge on any atom is -0.490 e. The second-order valence-corrected chi connectivity index (χ2v) is 5.81.